The molecule has 3 N–H and O–H groups in total. The SMILES string of the molecule is Cc1ccc(S(=O)(=O)NC(C)C2CCC2)c(N)c1. The molecule has 1 fully saturated rings. The average Bonchev–Trinajstić information content (AvgIpc) is 2.12. The van der Waals surface area contributed by atoms with E-state index >= 15 is 0 Å². The molecule has 1 unspecified atom stereocenters. The number of anilines is 1. The molecular formula is C13H20N2O2S. The molecular weight excluding hydrogens is 248 g/mol. The number of aryl methyl sites for hydroxylation is 1. The summed E-state index contributed by atoms with van der Waals surface area (Å²) in [4.78, 5) is 0.180. The van der Waals surface area contributed by atoms with Crippen molar-refractivity contribution in [3.8, 4) is 0 Å². The van der Waals surface area contributed by atoms with E-state index in [0.717, 1.165) is 18.4 Å². The van der Waals surface area contributed by atoms with Gasteiger partial charge in [-0.15, -0.1) is 0 Å². The van der Waals surface area contributed by atoms with E-state index in [1.54, 1.807) is 18.2 Å². The molecule has 1 aromatic rings. The molecule has 4 nitrogen and oxygen atoms in total. The summed E-state index contributed by atoms with van der Waals surface area (Å²) in [6.45, 7) is 3.81. The third kappa shape index (κ3) is 2.67. The van der Waals surface area contributed by atoms with Crippen LogP contribution in [0.15, 0.2) is 23.1 Å². The van der Waals surface area contributed by atoms with E-state index in [0.29, 0.717) is 11.6 Å². The first-order chi connectivity index (χ1) is 8.40. The largest absolute Gasteiger partial charge is 0.398 e. The van der Waals surface area contributed by atoms with Gasteiger partial charge in [0.2, 0.25) is 10.0 Å². The zero-order valence-electron chi connectivity index (χ0n) is 10.8. The fourth-order valence-corrected chi connectivity index (χ4v) is 3.68. The zero-order valence-corrected chi connectivity index (χ0v) is 11.6. The molecule has 1 aliphatic carbocycles. The molecule has 1 saturated carbocycles. The number of nitrogens with one attached hydrogen (secondary N) is 1. The first kappa shape index (κ1) is 13.4. The number of hydrogen-bond donors (Lipinski definition) is 2. The van der Waals surface area contributed by atoms with Crippen molar-refractivity contribution in [1.82, 2.24) is 4.72 Å². The maximum atomic E-state index is 12.2. The Morgan fingerprint density at radius 1 is 1.39 bits per heavy atom. The van der Waals surface area contributed by atoms with Crippen LogP contribution in [-0.2, 0) is 10.0 Å². The standard InChI is InChI=1S/C13H20N2O2S/c1-9-6-7-13(12(14)8-9)18(16,17)15-10(2)11-4-3-5-11/h6-8,10-11,15H,3-5,14H2,1-2H3. The number of nitrogens with two attached hydrogens (primary N) is 1. The summed E-state index contributed by atoms with van der Waals surface area (Å²) in [5, 5.41) is 0. The van der Waals surface area contributed by atoms with E-state index in [2.05, 4.69) is 4.72 Å². The molecule has 5 heteroatoms. The monoisotopic (exact) mass is 268 g/mol. The second-order valence-electron chi connectivity index (χ2n) is 5.14. The van der Waals surface area contributed by atoms with Gasteiger partial charge in [0.25, 0.3) is 0 Å². The van der Waals surface area contributed by atoms with Crippen molar-refractivity contribution < 1.29 is 8.42 Å². The van der Waals surface area contributed by atoms with Gasteiger partial charge < -0.3 is 5.73 Å². The van der Waals surface area contributed by atoms with Crippen LogP contribution in [0.2, 0.25) is 0 Å². The summed E-state index contributed by atoms with van der Waals surface area (Å²) in [5.74, 6) is 0.464. The van der Waals surface area contributed by atoms with Crippen molar-refractivity contribution in [1.29, 1.82) is 0 Å². The predicted molar refractivity (Wildman–Crippen MR) is 72.7 cm³/mol. The fraction of sp³-hybridized carbons (Fsp3) is 0.538. The summed E-state index contributed by atoms with van der Waals surface area (Å²) < 4.78 is 27.2. The predicted octanol–water partition coefficient (Wildman–Crippen LogP) is 2.04. The van der Waals surface area contributed by atoms with Crippen LogP contribution in [0, 0.1) is 12.8 Å². The Bertz CT molecular complexity index is 536. The van der Waals surface area contributed by atoms with Crippen LogP contribution >= 0.6 is 0 Å². The van der Waals surface area contributed by atoms with E-state index in [1.165, 1.54) is 6.42 Å². The molecule has 0 saturated heterocycles. The van der Waals surface area contributed by atoms with Gasteiger partial charge in [-0.2, -0.15) is 0 Å². The van der Waals surface area contributed by atoms with E-state index in [-0.39, 0.29) is 10.9 Å². The molecule has 0 radical (unpaired) electrons. The highest BCUT2D eigenvalue weighted by Gasteiger charge is 2.28. The van der Waals surface area contributed by atoms with Gasteiger partial charge in [-0.3, -0.25) is 0 Å². The molecule has 1 aromatic carbocycles. The molecule has 0 aliphatic heterocycles. The highest BCUT2D eigenvalue weighted by Crippen LogP contribution is 2.30. The van der Waals surface area contributed by atoms with Gasteiger partial charge in [0.05, 0.1) is 5.69 Å². The summed E-state index contributed by atoms with van der Waals surface area (Å²) in [5.41, 5.74) is 7.05. The molecule has 1 aliphatic rings. The summed E-state index contributed by atoms with van der Waals surface area (Å²) in [6, 6.07) is 4.99. The van der Waals surface area contributed by atoms with Gasteiger partial charge in [-0.25, -0.2) is 13.1 Å². The Kier molecular flexibility index (Phi) is 3.64. The van der Waals surface area contributed by atoms with Crippen molar-refractivity contribution in [3.63, 3.8) is 0 Å². The molecule has 0 amide bonds. The molecule has 0 heterocycles. The average molecular weight is 268 g/mol. The Hall–Kier alpha value is -1.07. The van der Waals surface area contributed by atoms with E-state index in [9.17, 15) is 8.42 Å². The number of sulfonamides is 1. The van der Waals surface area contributed by atoms with Gasteiger partial charge >= 0.3 is 0 Å². The minimum absolute atomic E-state index is 0.0237. The quantitative estimate of drug-likeness (QED) is 0.821. The normalized spacial score (nSPS) is 18.3. The Morgan fingerprint density at radius 3 is 2.56 bits per heavy atom. The van der Waals surface area contributed by atoms with E-state index in [4.69, 9.17) is 5.73 Å². The van der Waals surface area contributed by atoms with E-state index < -0.39 is 10.0 Å². The van der Waals surface area contributed by atoms with Crippen LogP contribution in [0.25, 0.3) is 0 Å². The lowest BCUT2D eigenvalue weighted by Crippen LogP contribution is -2.40. The fourth-order valence-electron chi connectivity index (χ4n) is 2.26. The van der Waals surface area contributed by atoms with Crippen molar-refractivity contribution in [2.75, 3.05) is 5.73 Å². The maximum absolute atomic E-state index is 12.2. The first-order valence-corrected chi connectivity index (χ1v) is 7.77. The van der Waals surface area contributed by atoms with Gasteiger partial charge in [0.15, 0.2) is 0 Å². The molecule has 2 rings (SSSR count). The number of nitrogen functional groups attached to an aromatic ring is 1. The second-order valence-corrected chi connectivity index (χ2v) is 6.82. The third-order valence-electron chi connectivity index (χ3n) is 3.65. The van der Waals surface area contributed by atoms with E-state index in [1.807, 2.05) is 13.8 Å². The van der Waals surface area contributed by atoms with Crippen LogP contribution in [0.4, 0.5) is 5.69 Å². The van der Waals surface area contributed by atoms with Crippen molar-refractivity contribution in [3.05, 3.63) is 23.8 Å². The lowest BCUT2D eigenvalue weighted by atomic mass is 9.81. The molecule has 18 heavy (non-hydrogen) atoms. The molecule has 0 aromatic heterocycles. The number of benzene rings is 1. The van der Waals surface area contributed by atoms with Crippen molar-refractivity contribution >= 4 is 15.7 Å². The highest BCUT2D eigenvalue weighted by molar-refractivity contribution is 7.89. The van der Waals surface area contributed by atoms with Crippen molar-refractivity contribution in [2.45, 2.75) is 44.0 Å². The van der Waals surface area contributed by atoms with Crippen LogP contribution in [0.3, 0.4) is 0 Å². The van der Waals surface area contributed by atoms with Gasteiger partial charge in [0.1, 0.15) is 4.90 Å². The summed E-state index contributed by atoms with van der Waals surface area (Å²) in [6.07, 6.45) is 3.41. The lowest BCUT2D eigenvalue weighted by molar-refractivity contribution is 0.260. The highest BCUT2D eigenvalue weighted by atomic mass is 32.2. The number of hydrogen-bond acceptors (Lipinski definition) is 3. The molecule has 1 atom stereocenters. The lowest BCUT2D eigenvalue weighted by Gasteiger charge is -2.31. The maximum Gasteiger partial charge on any atom is 0.242 e. The Morgan fingerprint density at radius 2 is 2.06 bits per heavy atom. The topological polar surface area (TPSA) is 72.2 Å². The van der Waals surface area contributed by atoms with Gasteiger partial charge in [-0.05, 0) is 50.3 Å². The van der Waals surface area contributed by atoms with Crippen LogP contribution in [-0.4, -0.2) is 14.5 Å². The van der Waals surface area contributed by atoms with Crippen LogP contribution in [0.5, 0.6) is 0 Å². The first-order valence-electron chi connectivity index (χ1n) is 6.28. The van der Waals surface area contributed by atoms with Crippen LogP contribution in [0.1, 0.15) is 31.7 Å². The molecule has 0 spiro atoms. The Labute approximate surface area is 109 Å². The van der Waals surface area contributed by atoms with Gasteiger partial charge in [-0.1, -0.05) is 12.5 Å². The number of rotatable bonds is 4. The van der Waals surface area contributed by atoms with Crippen molar-refractivity contribution in [2.24, 2.45) is 5.92 Å². The minimum atomic E-state index is -3.50. The Balaban J connectivity index is 2.19. The van der Waals surface area contributed by atoms with Crippen LogP contribution < -0.4 is 10.5 Å². The molecule has 0 bridgehead atoms. The second kappa shape index (κ2) is 4.90. The smallest absolute Gasteiger partial charge is 0.242 e. The summed E-state index contributed by atoms with van der Waals surface area (Å²) in [7, 11) is -3.50. The third-order valence-corrected chi connectivity index (χ3v) is 5.29. The minimum Gasteiger partial charge on any atom is -0.398 e. The van der Waals surface area contributed by atoms with Gasteiger partial charge in [0, 0.05) is 6.04 Å². The zero-order chi connectivity index (χ0) is 13.3. The molecule has 100 valence electrons. The summed E-state index contributed by atoms with van der Waals surface area (Å²) >= 11 is 0.